The average Bonchev–Trinajstić information content (AvgIpc) is 2.87. The summed E-state index contributed by atoms with van der Waals surface area (Å²) in [5.41, 5.74) is 0.335. The second kappa shape index (κ2) is 5.90. The fraction of sp³-hybridized carbons (Fsp3) is 0.421. The predicted molar refractivity (Wildman–Crippen MR) is 101 cm³/mol. The van der Waals surface area contributed by atoms with E-state index in [9.17, 15) is 4.79 Å². The standard InChI is InChI=1S/C19H23N3OS/c1-20(2)9-5-8-17(23)21-11-19(12-21)13-22(14-19)18-10-15-6-3-4-7-16(15)24-18/h3-8,10H,9,11-14H2,1-2H3/b8-5+. The van der Waals surface area contributed by atoms with Crippen molar-refractivity contribution in [2.24, 2.45) is 5.41 Å². The van der Waals surface area contributed by atoms with Gasteiger partial charge in [-0.2, -0.15) is 0 Å². The molecule has 3 heterocycles. The predicted octanol–water partition coefficient (Wildman–Crippen LogP) is 2.67. The lowest BCUT2D eigenvalue weighted by molar-refractivity contribution is -0.139. The van der Waals surface area contributed by atoms with Gasteiger partial charge in [0, 0.05) is 48.9 Å². The summed E-state index contributed by atoms with van der Waals surface area (Å²) in [6, 6.07) is 10.8. The van der Waals surface area contributed by atoms with E-state index in [4.69, 9.17) is 0 Å². The van der Waals surface area contributed by atoms with Gasteiger partial charge in [0.15, 0.2) is 0 Å². The van der Waals surface area contributed by atoms with Crippen LogP contribution in [0.4, 0.5) is 5.00 Å². The van der Waals surface area contributed by atoms with Crippen LogP contribution in [0, 0.1) is 5.41 Å². The first-order chi connectivity index (χ1) is 11.5. The first-order valence-corrected chi connectivity index (χ1v) is 9.20. The molecule has 5 heteroatoms. The van der Waals surface area contributed by atoms with Crippen molar-refractivity contribution in [3.63, 3.8) is 0 Å². The Hall–Kier alpha value is -1.85. The number of fused-ring (bicyclic) bond motifs is 1. The van der Waals surface area contributed by atoms with Crippen molar-refractivity contribution in [1.29, 1.82) is 0 Å². The van der Waals surface area contributed by atoms with Crippen molar-refractivity contribution in [3.8, 4) is 0 Å². The number of likely N-dealkylation sites (tertiary alicyclic amines) is 1. The van der Waals surface area contributed by atoms with Crippen LogP contribution < -0.4 is 4.90 Å². The molecular weight excluding hydrogens is 318 g/mol. The number of anilines is 1. The lowest BCUT2D eigenvalue weighted by Crippen LogP contribution is -2.72. The number of likely N-dealkylation sites (N-methyl/N-ethyl adjacent to an activating group) is 1. The SMILES string of the molecule is CN(C)C/C=C/C(=O)N1CC2(C1)CN(c1cc3ccccc3s1)C2. The Labute approximate surface area is 147 Å². The van der Waals surface area contributed by atoms with Crippen LogP contribution in [0.25, 0.3) is 10.1 Å². The third kappa shape index (κ3) is 2.82. The van der Waals surface area contributed by atoms with E-state index in [2.05, 4.69) is 40.1 Å². The number of carbonyl (C=O) groups is 1. The summed E-state index contributed by atoms with van der Waals surface area (Å²) in [6.45, 7) is 4.76. The average molecular weight is 341 g/mol. The molecule has 0 saturated carbocycles. The summed E-state index contributed by atoms with van der Waals surface area (Å²) >= 11 is 1.87. The minimum Gasteiger partial charge on any atom is -0.362 e. The Kier molecular flexibility index (Phi) is 3.85. The van der Waals surface area contributed by atoms with Gasteiger partial charge in [-0.15, -0.1) is 11.3 Å². The monoisotopic (exact) mass is 341 g/mol. The highest BCUT2D eigenvalue weighted by Gasteiger charge is 2.53. The maximum Gasteiger partial charge on any atom is 0.246 e. The molecule has 0 atom stereocenters. The number of hydrogen-bond donors (Lipinski definition) is 0. The molecule has 24 heavy (non-hydrogen) atoms. The van der Waals surface area contributed by atoms with Crippen LogP contribution in [0.2, 0.25) is 0 Å². The van der Waals surface area contributed by atoms with Crippen molar-refractivity contribution in [3.05, 3.63) is 42.5 Å². The second-order valence-electron chi connectivity index (χ2n) is 7.34. The molecule has 2 aromatic rings. The molecule has 0 unspecified atom stereocenters. The van der Waals surface area contributed by atoms with Crippen molar-refractivity contribution >= 4 is 32.3 Å². The molecule has 2 aliphatic rings. The third-order valence-electron chi connectivity index (χ3n) is 4.87. The molecule has 0 aliphatic carbocycles. The minimum atomic E-state index is 0.155. The molecular formula is C19H23N3OS. The van der Waals surface area contributed by atoms with Gasteiger partial charge < -0.3 is 14.7 Å². The Balaban J connectivity index is 1.31. The smallest absolute Gasteiger partial charge is 0.246 e. The summed E-state index contributed by atoms with van der Waals surface area (Å²) in [7, 11) is 4.01. The molecule has 126 valence electrons. The fourth-order valence-electron chi connectivity index (χ4n) is 3.63. The van der Waals surface area contributed by atoms with Crippen molar-refractivity contribution in [2.75, 3.05) is 51.7 Å². The van der Waals surface area contributed by atoms with Gasteiger partial charge in [-0.1, -0.05) is 24.3 Å². The van der Waals surface area contributed by atoms with Crippen LogP contribution >= 0.6 is 11.3 Å². The Morgan fingerprint density at radius 3 is 2.71 bits per heavy atom. The van der Waals surface area contributed by atoms with E-state index in [1.807, 2.05) is 36.4 Å². The molecule has 2 aliphatic heterocycles. The van der Waals surface area contributed by atoms with Crippen LogP contribution in [0.3, 0.4) is 0 Å². The Morgan fingerprint density at radius 1 is 1.25 bits per heavy atom. The van der Waals surface area contributed by atoms with Crippen LogP contribution in [0.5, 0.6) is 0 Å². The van der Waals surface area contributed by atoms with E-state index >= 15 is 0 Å². The number of amides is 1. The highest BCUT2D eigenvalue weighted by molar-refractivity contribution is 7.22. The Morgan fingerprint density at radius 2 is 2.00 bits per heavy atom. The number of thiophene rings is 1. The molecule has 0 N–H and O–H groups in total. The van der Waals surface area contributed by atoms with Gasteiger partial charge in [0.1, 0.15) is 0 Å². The van der Waals surface area contributed by atoms with Crippen LogP contribution in [-0.2, 0) is 4.79 Å². The summed E-state index contributed by atoms with van der Waals surface area (Å²) < 4.78 is 1.35. The molecule has 0 bridgehead atoms. The molecule has 4 nitrogen and oxygen atoms in total. The number of hydrogen-bond acceptors (Lipinski definition) is 4. The van der Waals surface area contributed by atoms with Gasteiger partial charge in [-0.25, -0.2) is 0 Å². The van der Waals surface area contributed by atoms with Gasteiger partial charge in [0.25, 0.3) is 0 Å². The Bertz CT molecular complexity index is 748. The summed E-state index contributed by atoms with van der Waals surface area (Å²) in [4.78, 5) is 18.6. The molecule has 1 aromatic carbocycles. The maximum absolute atomic E-state index is 12.1. The highest BCUT2D eigenvalue weighted by Crippen LogP contribution is 2.44. The van der Waals surface area contributed by atoms with E-state index in [1.54, 1.807) is 6.08 Å². The summed E-state index contributed by atoms with van der Waals surface area (Å²) in [5.74, 6) is 0.155. The highest BCUT2D eigenvalue weighted by atomic mass is 32.1. The molecule has 0 radical (unpaired) electrons. The summed E-state index contributed by atoms with van der Waals surface area (Å²) in [5, 5.41) is 2.69. The van der Waals surface area contributed by atoms with Crippen LogP contribution in [0.15, 0.2) is 42.5 Å². The lowest BCUT2D eigenvalue weighted by atomic mass is 9.73. The quantitative estimate of drug-likeness (QED) is 0.800. The van der Waals surface area contributed by atoms with E-state index < -0.39 is 0 Å². The molecule has 1 aromatic heterocycles. The first kappa shape index (κ1) is 15.7. The zero-order chi connectivity index (χ0) is 16.7. The molecule has 2 fully saturated rings. The van der Waals surface area contributed by atoms with E-state index in [0.717, 1.165) is 32.7 Å². The molecule has 4 rings (SSSR count). The lowest BCUT2D eigenvalue weighted by Gasteiger charge is -2.60. The molecule has 1 amide bonds. The van der Waals surface area contributed by atoms with Crippen LogP contribution in [-0.4, -0.2) is 62.5 Å². The number of nitrogens with zero attached hydrogens (tertiary/aromatic N) is 3. The minimum absolute atomic E-state index is 0.155. The van der Waals surface area contributed by atoms with Crippen molar-refractivity contribution < 1.29 is 4.79 Å². The topological polar surface area (TPSA) is 26.8 Å². The van der Waals surface area contributed by atoms with Gasteiger partial charge in [0.05, 0.1) is 5.00 Å². The van der Waals surface area contributed by atoms with Gasteiger partial charge in [-0.05, 0) is 31.6 Å². The van der Waals surface area contributed by atoms with Gasteiger partial charge in [0.2, 0.25) is 5.91 Å². The number of carbonyl (C=O) groups excluding carboxylic acids is 1. The zero-order valence-corrected chi connectivity index (χ0v) is 15.1. The first-order valence-electron chi connectivity index (χ1n) is 8.38. The van der Waals surface area contributed by atoms with Gasteiger partial charge >= 0.3 is 0 Å². The van der Waals surface area contributed by atoms with E-state index in [0.29, 0.717) is 5.41 Å². The number of rotatable bonds is 4. The maximum atomic E-state index is 12.1. The van der Waals surface area contributed by atoms with E-state index in [-0.39, 0.29) is 5.91 Å². The third-order valence-corrected chi connectivity index (χ3v) is 6.05. The molecule has 2 saturated heterocycles. The van der Waals surface area contributed by atoms with Gasteiger partial charge in [-0.3, -0.25) is 4.79 Å². The normalized spacial score (nSPS) is 19.3. The largest absolute Gasteiger partial charge is 0.362 e. The fourth-order valence-corrected chi connectivity index (χ4v) is 4.69. The second-order valence-corrected chi connectivity index (χ2v) is 8.40. The summed E-state index contributed by atoms with van der Waals surface area (Å²) in [6.07, 6.45) is 3.66. The van der Waals surface area contributed by atoms with Crippen LogP contribution in [0.1, 0.15) is 0 Å². The molecule has 1 spiro atoms. The van der Waals surface area contributed by atoms with Crippen molar-refractivity contribution in [2.45, 2.75) is 0 Å². The zero-order valence-electron chi connectivity index (χ0n) is 14.2. The number of benzene rings is 1. The van der Waals surface area contributed by atoms with Crippen molar-refractivity contribution in [1.82, 2.24) is 9.80 Å². The van der Waals surface area contributed by atoms with E-state index in [1.165, 1.54) is 15.1 Å².